The lowest BCUT2D eigenvalue weighted by Gasteiger charge is -2.31. The first-order valence-corrected chi connectivity index (χ1v) is 27.3. The standard InChI is InChI=1S/C54H106N2O7/c1-8-11-13-15-17-19-21-23-25-27-29-31-33-35-37-39-44-60-49-47-56(52(58)63-51(57)55-43-41-54(6,10-3)62-46-42-53(4,5)59-7)48-50(49)61-45-40-38-36-34-32-30-28-26-24-22-20-18-16-14-12-9-2/h49-50H,8-48H2,1-7H3,(H,55,57). The van der Waals surface area contributed by atoms with Gasteiger partial charge in [-0.15, -0.1) is 0 Å². The predicted octanol–water partition coefficient (Wildman–Crippen LogP) is 15.8. The first-order valence-electron chi connectivity index (χ1n) is 27.3. The van der Waals surface area contributed by atoms with Crippen molar-refractivity contribution in [2.45, 2.75) is 290 Å². The van der Waals surface area contributed by atoms with Gasteiger partial charge >= 0.3 is 12.2 Å². The molecule has 0 radical (unpaired) electrons. The second-order valence-electron chi connectivity index (χ2n) is 20.0. The highest BCUT2D eigenvalue weighted by atomic mass is 16.6. The fraction of sp³-hybridized carbons (Fsp3) is 0.963. The van der Waals surface area contributed by atoms with Gasteiger partial charge in [0.05, 0.1) is 30.9 Å². The van der Waals surface area contributed by atoms with Crippen molar-refractivity contribution < 1.29 is 33.3 Å². The molecule has 1 aliphatic heterocycles. The number of nitrogens with zero attached hydrogens (tertiary/aromatic N) is 1. The Balaban J connectivity index is 2.39. The van der Waals surface area contributed by atoms with Crippen LogP contribution in [0.3, 0.4) is 0 Å². The zero-order valence-electron chi connectivity index (χ0n) is 43.0. The topological polar surface area (TPSA) is 95.6 Å². The molecule has 0 saturated carbocycles. The van der Waals surface area contributed by atoms with Crippen molar-refractivity contribution in [3.05, 3.63) is 0 Å². The molecule has 0 aromatic rings. The third-order valence-corrected chi connectivity index (χ3v) is 13.7. The fourth-order valence-electron chi connectivity index (χ4n) is 8.59. The summed E-state index contributed by atoms with van der Waals surface area (Å²) in [7, 11) is 1.71. The zero-order chi connectivity index (χ0) is 46.1. The summed E-state index contributed by atoms with van der Waals surface area (Å²) in [6.07, 6.45) is 43.2. The average Bonchev–Trinajstić information content (AvgIpc) is 3.68. The molecule has 0 aromatic heterocycles. The summed E-state index contributed by atoms with van der Waals surface area (Å²) < 4.78 is 29.7. The van der Waals surface area contributed by atoms with E-state index in [0.717, 1.165) is 38.5 Å². The summed E-state index contributed by atoms with van der Waals surface area (Å²) in [5.41, 5.74) is -0.651. The third-order valence-electron chi connectivity index (χ3n) is 13.7. The van der Waals surface area contributed by atoms with E-state index < -0.39 is 17.8 Å². The molecule has 1 rings (SSSR count). The molecular formula is C54H106N2O7. The van der Waals surface area contributed by atoms with E-state index in [2.05, 4.69) is 33.0 Å². The molecule has 0 spiro atoms. The highest BCUT2D eigenvalue weighted by Crippen LogP contribution is 2.23. The van der Waals surface area contributed by atoms with Crippen LogP contribution in [-0.4, -0.2) is 87.1 Å². The molecule has 63 heavy (non-hydrogen) atoms. The van der Waals surface area contributed by atoms with Gasteiger partial charge in [0.2, 0.25) is 0 Å². The number of unbranched alkanes of at least 4 members (excludes halogenated alkanes) is 30. The summed E-state index contributed by atoms with van der Waals surface area (Å²) in [5, 5.41) is 2.77. The number of rotatable bonds is 45. The largest absolute Gasteiger partial charge is 0.418 e. The van der Waals surface area contributed by atoms with Crippen molar-refractivity contribution in [1.29, 1.82) is 0 Å². The molecule has 374 valence electrons. The Bertz CT molecular complexity index is 998. The fourth-order valence-corrected chi connectivity index (χ4v) is 8.59. The van der Waals surface area contributed by atoms with Crippen molar-refractivity contribution in [2.24, 2.45) is 0 Å². The number of likely N-dealkylation sites (tertiary alicyclic amines) is 1. The average molecular weight is 895 g/mol. The van der Waals surface area contributed by atoms with Gasteiger partial charge in [-0.25, -0.2) is 9.59 Å². The predicted molar refractivity (Wildman–Crippen MR) is 265 cm³/mol. The van der Waals surface area contributed by atoms with Gasteiger partial charge in [-0.1, -0.05) is 213 Å². The van der Waals surface area contributed by atoms with E-state index >= 15 is 0 Å². The van der Waals surface area contributed by atoms with Crippen molar-refractivity contribution in [2.75, 3.05) is 46.6 Å². The molecule has 0 bridgehead atoms. The molecule has 1 aliphatic rings. The van der Waals surface area contributed by atoms with Gasteiger partial charge in [0.25, 0.3) is 0 Å². The molecule has 1 fully saturated rings. The molecule has 3 unspecified atom stereocenters. The van der Waals surface area contributed by atoms with Crippen molar-refractivity contribution in [3.8, 4) is 0 Å². The maximum atomic E-state index is 13.2. The second kappa shape index (κ2) is 40.8. The van der Waals surface area contributed by atoms with Crippen molar-refractivity contribution in [3.63, 3.8) is 0 Å². The number of carbonyl (C=O) groups excluding carboxylic acids is 2. The van der Waals surface area contributed by atoms with Crippen LogP contribution >= 0.6 is 0 Å². The van der Waals surface area contributed by atoms with E-state index in [1.165, 1.54) is 180 Å². The van der Waals surface area contributed by atoms with Gasteiger partial charge in [0.1, 0.15) is 12.2 Å². The van der Waals surface area contributed by atoms with Gasteiger partial charge < -0.3 is 33.9 Å². The summed E-state index contributed by atoms with van der Waals surface area (Å²) in [6, 6.07) is 0. The Kier molecular flexibility index (Phi) is 38.6. The Hall–Kier alpha value is -1.42. The SMILES string of the molecule is CCCCCCCCCCCCCCCCCCOC1CN(C(=O)OC(=O)NCCC(C)(CC)OCCC(C)(C)OC)CC1OCCCCCCCCCCCCCCCCCC. The normalized spacial score (nSPS) is 16.5. The van der Waals surface area contributed by atoms with Gasteiger partial charge in [0, 0.05) is 26.9 Å². The summed E-state index contributed by atoms with van der Waals surface area (Å²) in [4.78, 5) is 27.5. The molecule has 1 N–H and O–H groups in total. The number of hydrogen-bond donors (Lipinski definition) is 1. The van der Waals surface area contributed by atoms with E-state index in [0.29, 0.717) is 45.9 Å². The lowest BCUT2D eigenvalue weighted by atomic mass is 9.98. The van der Waals surface area contributed by atoms with E-state index in [-0.39, 0.29) is 17.8 Å². The number of ether oxygens (including phenoxy) is 5. The smallest absolute Gasteiger partial charge is 0.379 e. The minimum absolute atomic E-state index is 0.219. The quantitative estimate of drug-likeness (QED) is 0.0480. The number of carbonyl (C=O) groups is 2. The highest BCUT2D eigenvalue weighted by Gasteiger charge is 2.38. The molecule has 3 atom stereocenters. The van der Waals surface area contributed by atoms with Crippen LogP contribution in [0.4, 0.5) is 9.59 Å². The second-order valence-corrected chi connectivity index (χ2v) is 20.0. The molecule has 9 heteroatoms. The van der Waals surface area contributed by atoms with Crippen LogP contribution in [0.15, 0.2) is 0 Å². The summed E-state index contributed by atoms with van der Waals surface area (Å²) in [5.74, 6) is 0. The Morgan fingerprint density at radius 1 is 0.508 bits per heavy atom. The van der Waals surface area contributed by atoms with Crippen LogP contribution in [0, 0.1) is 0 Å². The molecule has 1 saturated heterocycles. The van der Waals surface area contributed by atoms with Crippen molar-refractivity contribution in [1.82, 2.24) is 10.2 Å². The lowest BCUT2D eigenvalue weighted by Crippen LogP contribution is -2.39. The number of alkyl carbamates (subject to hydrolysis) is 1. The maximum Gasteiger partial charge on any atom is 0.418 e. The Labute approximate surface area is 390 Å². The van der Waals surface area contributed by atoms with E-state index in [4.69, 9.17) is 23.7 Å². The number of methoxy groups -OCH3 is 1. The van der Waals surface area contributed by atoms with Crippen LogP contribution in [0.2, 0.25) is 0 Å². The van der Waals surface area contributed by atoms with E-state index in [1.54, 1.807) is 12.0 Å². The van der Waals surface area contributed by atoms with Crippen LogP contribution in [0.25, 0.3) is 0 Å². The Morgan fingerprint density at radius 2 is 0.857 bits per heavy atom. The maximum absolute atomic E-state index is 13.2. The van der Waals surface area contributed by atoms with Gasteiger partial charge in [-0.05, 0) is 52.9 Å². The van der Waals surface area contributed by atoms with Crippen LogP contribution in [0.1, 0.15) is 266 Å². The molecular weight excluding hydrogens is 789 g/mol. The number of amides is 2. The van der Waals surface area contributed by atoms with Crippen molar-refractivity contribution >= 4 is 12.2 Å². The monoisotopic (exact) mass is 895 g/mol. The van der Waals surface area contributed by atoms with Gasteiger partial charge in [-0.3, -0.25) is 0 Å². The molecule has 9 nitrogen and oxygen atoms in total. The summed E-state index contributed by atoms with van der Waals surface area (Å²) in [6.45, 7) is 15.8. The third kappa shape index (κ3) is 34.5. The number of hydrogen-bond acceptors (Lipinski definition) is 7. The molecule has 0 aliphatic carbocycles. The Morgan fingerprint density at radius 3 is 1.19 bits per heavy atom. The minimum Gasteiger partial charge on any atom is -0.379 e. The lowest BCUT2D eigenvalue weighted by molar-refractivity contribution is -0.0710. The molecule has 1 heterocycles. The van der Waals surface area contributed by atoms with Crippen LogP contribution < -0.4 is 5.32 Å². The molecule has 2 amide bonds. The first kappa shape index (κ1) is 59.6. The van der Waals surface area contributed by atoms with Crippen LogP contribution in [0.5, 0.6) is 0 Å². The van der Waals surface area contributed by atoms with Gasteiger partial charge in [-0.2, -0.15) is 0 Å². The molecule has 0 aromatic carbocycles. The van der Waals surface area contributed by atoms with E-state index in [9.17, 15) is 9.59 Å². The first-order chi connectivity index (χ1) is 30.6. The van der Waals surface area contributed by atoms with Crippen LogP contribution in [-0.2, 0) is 23.7 Å². The minimum atomic E-state index is -0.734. The van der Waals surface area contributed by atoms with E-state index in [1.807, 2.05) is 13.8 Å². The number of nitrogens with one attached hydrogen (secondary N) is 1. The summed E-state index contributed by atoms with van der Waals surface area (Å²) >= 11 is 0. The zero-order valence-corrected chi connectivity index (χ0v) is 43.0. The van der Waals surface area contributed by atoms with Gasteiger partial charge in [0.15, 0.2) is 0 Å². The highest BCUT2D eigenvalue weighted by molar-refractivity contribution is 5.83.